The van der Waals surface area contributed by atoms with Crippen molar-refractivity contribution in [2.45, 2.75) is 31.4 Å². The summed E-state index contributed by atoms with van der Waals surface area (Å²) in [4.78, 5) is 17.1. The predicted molar refractivity (Wildman–Crippen MR) is 108 cm³/mol. The fourth-order valence-corrected chi connectivity index (χ4v) is 4.80. The first-order valence-electron chi connectivity index (χ1n) is 10.2. The molecule has 0 radical (unpaired) electrons. The number of rotatable bonds is 3. The van der Waals surface area contributed by atoms with E-state index >= 15 is 0 Å². The van der Waals surface area contributed by atoms with Crippen LogP contribution in [-0.4, -0.2) is 43.8 Å². The monoisotopic (exact) mass is 378 g/mol. The van der Waals surface area contributed by atoms with E-state index in [0.717, 1.165) is 51.3 Å². The fourth-order valence-electron chi connectivity index (χ4n) is 4.80. The van der Waals surface area contributed by atoms with Crippen LogP contribution in [0.2, 0.25) is 0 Å². The summed E-state index contributed by atoms with van der Waals surface area (Å²) < 4.78 is 11.1. The van der Waals surface area contributed by atoms with Crippen LogP contribution >= 0.6 is 0 Å². The van der Waals surface area contributed by atoms with Crippen LogP contribution in [0.3, 0.4) is 0 Å². The third-order valence-corrected chi connectivity index (χ3v) is 6.29. The van der Waals surface area contributed by atoms with E-state index in [9.17, 15) is 4.79 Å². The van der Waals surface area contributed by atoms with Gasteiger partial charge in [-0.25, -0.2) is 4.79 Å². The summed E-state index contributed by atoms with van der Waals surface area (Å²) in [6, 6.07) is 16.8. The van der Waals surface area contributed by atoms with E-state index in [1.807, 2.05) is 35.2 Å². The zero-order chi connectivity index (χ0) is 18.9. The van der Waals surface area contributed by atoms with Gasteiger partial charge in [-0.15, -0.1) is 0 Å². The van der Waals surface area contributed by atoms with Crippen molar-refractivity contribution >= 4 is 11.8 Å². The van der Waals surface area contributed by atoms with Gasteiger partial charge >= 0.3 is 6.09 Å². The Balaban J connectivity index is 1.31. The Morgan fingerprint density at radius 1 is 1.04 bits per heavy atom. The summed E-state index contributed by atoms with van der Waals surface area (Å²) >= 11 is 0. The van der Waals surface area contributed by atoms with Gasteiger partial charge in [-0.2, -0.15) is 0 Å². The summed E-state index contributed by atoms with van der Waals surface area (Å²) in [5, 5.41) is 0. The summed E-state index contributed by atoms with van der Waals surface area (Å²) in [6.45, 7) is 4.59. The molecule has 2 aromatic carbocycles. The Labute approximate surface area is 165 Å². The minimum Gasteiger partial charge on any atom is -0.445 e. The maximum atomic E-state index is 12.8. The van der Waals surface area contributed by atoms with E-state index in [0.29, 0.717) is 12.5 Å². The highest BCUT2D eigenvalue weighted by Gasteiger charge is 2.41. The van der Waals surface area contributed by atoms with E-state index in [4.69, 9.17) is 9.47 Å². The Morgan fingerprint density at radius 3 is 2.68 bits per heavy atom. The first-order chi connectivity index (χ1) is 13.8. The van der Waals surface area contributed by atoms with Gasteiger partial charge in [0.1, 0.15) is 6.61 Å². The van der Waals surface area contributed by atoms with Gasteiger partial charge in [0.15, 0.2) is 0 Å². The second kappa shape index (κ2) is 7.47. The lowest BCUT2D eigenvalue weighted by Crippen LogP contribution is -2.37. The molecule has 5 rings (SSSR count). The molecule has 5 nitrogen and oxygen atoms in total. The highest BCUT2D eigenvalue weighted by molar-refractivity contribution is 5.70. The number of anilines is 1. The second-order valence-electron chi connectivity index (χ2n) is 7.88. The molecule has 5 heteroatoms. The second-order valence-corrected chi connectivity index (χ2v) is 7.88. The molecule has 1 aliphatic carbocycles. The van der Waals surface area contributed by atoms with Crippen LogP contribution in [0.5, 0.6) is 0 Å². The van der Waals surface area contributed by atoms with Crippen molar-refractivity contribution < 1.29 is 14.3 Å². The molecule has 2 atom stereocenters. The topological polar surface area (TPSA) is 42.0 Å². The van der Waals surface area contributed by atoms with Crippen LogP contribution in [0, 0.1) is 0 Å². The smallest absolute Gasteiger partial charge is 0.410 e. The van der Waals surface area contributed by atoms with Crippen LogP contribution in [0.25, 0.3) is 0 Å². The van der Waals surface area contributed by atoms with Crippen LogP contribution in [0.15, 0.2) is 48.5 Å². The summed E-state index contributed by atoms with van der Waals surface area (Å²) in [6.07, 6.45) is 1.83. The third-order valence-electron chi connectivity index (χ3n) is 6.29. The Morgan fingerprint density at radius 2 is 1.86 bits per heavy atom. The highest BCUT2D eigenvalue weighted by atomic mass is 16.6. The standard InChI is InChI=1S/C23H26N2O3/c26-23(28-16-17-4-2-1-3-5-17)25-9-8-18-14-22(25)20-7-6-19(15-21(18)20)24-10-12-27-13-11-24/h1-7,15,18,22H,8-14,16H2/t18-,22+/m1/s1. The number of carbonyl (C=O) groups is 1. The maximum absolute atomic E-state index is 12.8. The zero-order valence-corrected chi connectivity index (χ0v) is 16.0. The van der Waals surface area contributed by atoms with Crippen LogP contribution in [0.4, 0.5) is 10.5 Å². The fraction of sp³-hybridized carbons (Fsp3) is 0.435. The summed E-state index contributed by atoms with van der Waals surface area (Å²) in [5.41, 5.74) is 5.03. The molecular formula is C23H26N2O3. The van der Waals surface area contributed by atoms with Gasteiger partial charge in [-0.05, 0) is 47.6 Å². The zero-order valence-electron chi connectivity index (χ0n) is 16.0. The minimum atomic E-state index is -0.197. The van der Waals surface area contributed by atoms with E-state index in [1.165, 1.54) is 16.8 Å². The Hall–Kier alpha value is -2.53. The van der Waals surface area contributed by atoms with Crippen molar-refractivity contribution in [1.82, 2.24) is 4.90 Å². The number of carbonyl (C=O) groups excluding carboxylic acids is 1. The molecule has 2 aliphatic heterocycles. The molecule has 2 aromatic rings. The molecule has 2 heterocycles. The van der Waals surface area contributed by atoms with Gasteiger partial charge in [0, 0.05) is 25.3 Å². The Kier molecular flexibility index (Phi) is 4.69. The maximum Gasteiger partial charge on any atom is 0.410 e. The van der Waals surface area contributed by atoms with Crippen molar-refractivity contribution in [3.63, 3.8) is 0 Å². The average Bonchev–Trinajstić information content (AvgIpc) is 3.05. The normalized spacial score (nSPS) is 23.4. The number of fused-ring (bicyclic) bond motifs is 5. The van der Waals surface area contributed by atoms with Crippen molar-refractivity contribution in [1.29, 1.82) is 0 Å². The van der Waals surface area contributed by atoms with Gasteiger partial charge in [0.25, 0.3) is 0 Å². The molecule has 3 aliphatic rings. The lowest BCUT2D eigenvalue weighted by Gasteiger charge is -2.32. The van der Waals surface area contributed by atoms with Gasteiger partial charge in [-0.1, -0.05) is 36.4 Å². The molecule has 2 fully saturated rings. The molecule has 2 bridgehead atoms. The Bertz CT molecular complexity index is 848. The lowest BCUT2D eigenvalue weighted by atomic mass is 9.95. The number of likely N-dealkylation sites (tertiary alicyclic amines) is 1. The first-order valence-corrected chi connectivity index (χ1v) is 10.2. The molecule has 0 N–H and O–H groups in total. The SMILES string of the molecule is O=C(OCc1ccccc1)N1CC[C@@H]2C[C@H]1c1ccc(N3CCOCC3)cc12. The number of benzene rings is 2. The molecule has 0 unspecified atom stereocenters. The van der Waals surface area contributed by atoms with Crippen LogP contribution in [-0.2, 0) is 16.1 Å². The number of hydrogen-bond acceptors (Lipinski definition) is 4. The molecule has 0 aromatic heterocycles. The van der Waals surface area contributed by atoms with Gasteiger partial charge in [-0.3, -0.25) is 0 Å². The summed E-state index contributed by atoms with van der Waals surface area (Å²) in [5.74, 6) is 0.555. The number of morpholine rings is 1. The van der Waals surface area contributed by atoms with Gasteiger partial charge in [0.2, 0.25) is 0 Å². The number of amides is 1. The van der Waals surface area contributed by atoms with Crippen molar-refractivity contribution in [2.24, 2.45) is 0 Å². The number of nitrogens with zero attached hydrogens (tertiary/aromatic N) is 2. The van der Waals surface area contributed by atoms with Gasteiger partial charge < -0.3 is 19.3 Å². The van der Waals surface area contributed by atoms with Crippen molar-refractivity contribution in [3.8, 4) is 0 Å². The molecular weight excluding hydrogens is 352 g/mol. The number of piperidine rings is 1. The van der Waals surface area contributed by atoms with Crippen LogP contribution < -0.4 is 4.90 Å². The summed E-state index contributed by atoms with van der Waals surface area (Å²) in [7, 11) is 0. The largest absolute Gasteiger partial charge is 0.445 e. The van der Waals surface area contributed by atoms with Gasteiger partial charge in [0.05, 0.1) is 19.3 Å². The number of hydrogen-bond donors (Lipinski definition) is 0. The van der Waals surface area contributed by atoms with E-state index in [-0.39, 0.29) is 12.1 Å². The van der Waals surface area contributed by atoms with Crippen LogP contribution in [0.1, 0.15) is 41.5 Å². The minimum absolute atomic E-state index is 0.149. The van der Waals surface area contributed by atoms with Crippen molar-refractivity contribution in [3.05, 3.63) is 65.2 Å². The average molecular weight is 378 g/mol. The van der Waals surface area contributed by atoms with E-state index < -0.39 is 0 Å². The molecule has 146 valence electrons. The van der Waals surface area contributed by atoms with E-state index in [2.05, 4.69) is 23.1 Å². The molecule has 2 saturated heterocycles. The first kappa shape index (κ1) is 17.6. The molecule has 0 spiro atoms. The van der Waals surface area contributed by atoms with E-state index in [1.54, 1.807) is 0 Å². The molecule has 28 heavy (non-hydrogen) atoms. The predicted octanol–water partition coefficient (Wildman–Crippen LogP) is 4.09. The highest BCUT2D eigenvalue weighted by Crippen LogP contribution is 2.50. The molecule has 1 amide bonds. The van der Waals surface area contributed by atoms with Crippen molar-refractivity contribution in [2.75, 3.05) is 37.7 Å². The quantitative estimate of drug-likeness (QED) is 0.807. The number of ether oxygens (including phenoxy) is 2. The third kappa shape index (κ3) is 3.24. The lowest BCUT2D eigenvalue weighted by molar-refractivity contribution is 0.0694. The molecule has 0 saturated carbocycles.